The van der Waals surface area contributed by atoms with Gasteiger partial charge in [-0.05, 0) is 67.8 Å². The second-order valence-corrected chi connectivity index (χ2v) is 11.4. The topological polar surface area (TPSA) is 97.0 Å². The molecule has 4 aliphatic rings. The first kappa shape index (κ1) is 25.1. The van der Waals surface area contributed by atoms with E-state index in [-0.39, 0.29) is 23.6 Å². The van der Waals surface area contributed by atoms with Crippen LogP contribution < -0.4 is 20.1 Å². The summed E-state index contributed by atoms with van der Waals surface area (Å²) in [5.41, 5.74) is 0.643. The lowest BCUT2D eigenvalue weighted by Gasteiger charge is -2.43. The van der Waals surface area contributed by atoms with Gasteiger partial charge in [-0.2, -0.15) is 0 Å². The minimum atomic E-state index is -1.55. The normalized spacial score (nSPS) is 27.9. The molecule has 40 heavy (non-hydrogen) atoms. The number of methoxy groups -OCH3 is 2. The third-order valence-corrected chi connectivity index (χ3v) is 9.54. The minimum absolute atomic E-state index is 0.250. The van der Waals surface area contributed by atoms with Gasteiger partial charge in [-0.3, -0.25) is 19.3 Å². The Morgan fingerprint density at radius 2 is 1.80 bits per heavy atom. The maximum absolute atomic E-state index is 14.9. The number of hydrogen-bond donors (Lipinski definition) is 2. The van der Waals surface area contributed by atoms with Crippen LogP contribution in [0.5, 0.6) is 11.5 Å². The molecule has 3 aromatic rings. The number of carbonyl (C=O) groups excluding carboxylic acids is 3. The van der Waals surface area contributed by atoms with E-state index < -0.39 is 16.9 Å². The van der Waals surface area contributed by atoms with Gasteiger partial charge in [-0.25, -0.2) is 0 Å². The molecule has 2 spiro atoms. The first-order valence-corrected chi connectivity index (χ1v) is 13.7. The summed E-state index contributed by atoms with van der Waals surface area (Å²) in [5.74, 6) is -0.909. The molecule has 7 rings (SSSR count). The van der Waals surface area contributed by atoms with Crippen LogP contribution in [-0.2, 0) is 20.5 Å². The lowest BCUT2D eigenvalue weighted by atomic mass is 9.57. The van der Waals surface area contributed by atoms with E-state index in [0.717, 1.165) is 12.0 Å². The van der Waals surface area contributed by atoms with Crippen LogP contribution in [0.2, 0.25) is 5.02 Å². The van der Waals surface area contributed by atoms with Crippen LogP contribution in [0.15, 0.2) is 54.6 Å². The highest BCUT2D eigenvalue weighted by Gasteiger charge is 2.81. The zero-order chi connectivity index (χ0) is 28.0. The number of amides is 2. The van der Waals surface area contributed by atoms with E-state index in [1.807, 2.05) is 31.2 Å². The molecule has 4 atom stereocenters. The van der Waals surface area contributed by atoms with Crippen molar-refractivity contribution in [2.45, 2.75) is 36.8 Å². The van der Waals surface area contributed by atoms with Crippen LogP contribution in [0.1, 0.15) is 39.9 Å². The largest absolute Gasteiger partial charge is 0.497 e. The van der Waals surface area contributed by atoms with Crippen molar-refractivity contribution < 1.29 is 23.9 Å². The molecule has 8 nitrogen and oxygen atoms in total. The molecule has 2 amide bonds. The van der Waals surface area contributed by atoms with Gasteiger partial charge >= 0.3 is 0 Å². The minimum Gasteiger partial charge on any atom is -0.497 e. The third kappa shape index (κ3) is 2.82. The smallest absolute Gasteiger partial charge is 0.251 e. The molecule has 0 aromatic heterocycles. The number of carbonyl (C=O) groups is 3. The number of anilines is 2. The van der Waals surface area contributed by atoms with Gasteiger partial charge in [-0.1, -0.05) is 29.8 Å². The Morgan fingerprint density at radius 1 is 1.00 bits per heavy atom. The number of nitrogens with zero attached hydrogens (tertiary/aromatic N) is 1. The van der Waals surface area contributed by atoms with Crippen molar-refractivity contribution in [1.29, 1.82) is 0 Å². The summed E-state index contributed by atoms with van der Waals surface area (Å²) in [7, 11) is 3.05. The molecule has 2 saturated heterocycles. The zero-order valence-corrected chi connectivity index (χ0v) is 23.1. The average molecular weight is 558 g/mol. The van der Waals surface area contributed by atoms with Crippen LogP contribution >= 0.6 is 11.6 Å². The fourth-order valence-electron chi connectivity index (χ4n) is 7.98. The first-order chi connectivity index (χ1) is 19.3. The summed E-state index contributed by atoms with van der Waals surface area (Å²) in [5, 5.41) is 6.63. The Morgan fingerprint density at radius 3 is 2.58 bits per heavy atom. The fourth-order valence-corrected chi connectivity index (χ4v) is 8.25. The number of halogens is 1. The number of benzene rings is 3. The molecule has 4 heterocycles. The molecule has 3 aromatic carbocycles. The summed E-state index contributed by atoms with van der Waals surface area (Å²) in [6.45, 7) is 2.45. The second kappa shape index (κ2) is 8.56. The molecule has 2 fully saturated rings. The van der Waals surface area contributed by atoms with Crippen molar-refractivity contribution in [3.05, 3.63) is 81.9 Å². The summed E-state index contributed by atoms with van der Waals surface area (Å²) in [4.78, 5) is 46.2. The number of Topliss-reactive ketones (excluding diaryl/α,β-unsaturated/α-hetero) is 1. The predicted octanol–water partition coefficient (Wildman–Crippen LogP) is 4.68. The van der Waals surface area contributed by atoms with E-state index >= 15 is 0 Å². The van der Waals surface area contributed by atoms with E-state index in [1.54, 1.807) is 37.4 Å². The highest BCUT2D eigenvalue weighted by atomic mass is 35.5. The molecule has 0 aliphatic carbocycles. The Bertz CT molecular complexity index is 1640. The zero-order valence-electron chi connectivity index (χ0n) is 22.3. The van der Waals surface area contributed by atoms with Crippen LogP contribution in [0, 0.1) is 12.8 Å². The Labute approximate surface area is 236 Å². The molecule has 204 valence electrons. The van der Waals surface area contributed by atoms with E-state index in [4.69, 9.17) is 21.1 Å². The van der Waals surface area contributed by atoms with Crippen molar-refractivity contribution in [2.75, 3.05) is 31.4 Å². The number of ketones is 1. The van der Waals surface area contributed by atoms with Gasteiger partial charge in [0.1, 0.15) is 22.5 Å². The molecule has 2 N–H and O–H groups in total. The summed E-state index contributed by atoms with van der Waals surface area (Å²) >= 11 is 6.62. The summed E-state index contributed by atoms with van der Waals surface area (Å²) < 4.78 is 11.0. The van der Waals surface area contributed by atoms with Crippen LogP contribution in [0.25, 0.3) is 0 Å². The van der Waals surface area contributed by atoms with Gasteiger partial charge in [0.05, 0.1) is 25.7 Å². The maximum Gasteiger partial charge on any atom is 0.251 e. The van der Waals surface area contributed by atoms with Gasteiger partial charge in [0.15, 0.2) is 5.78 Å². The van der Waals surface area contributed by atoms with Crippen LogP contribution in [-0.4, -0.2) is 49.3 Å². The van der Waals surface area contributed by atoms with Crippen molar-refractivity contribution in [3.8, 4) is 11.5 Å². The molecule has 9 heteroatoms. The van der Waals surface area contributed by atoms with Gasteiger partial charge in [0.25, 0.3) is 5.91 Å². The van der Waals surface area contributed by atoms with E-state index in [2.05, 4.69) is 15.5 Å². The van der Waals surface area contributed by atoms with E-state index in [0.29, 0.717) is 57.6 Å². The van der Waals surface area contributed by atoms with E-state index in [9.17, 15) is 14.4 Å². The monoisotopic (exact) mass is 557 g/mol. The number of aryl methyl sites for hydroxylation is 1. The number of ether oxygens (including phenoxy) is 2. The highest BCUT2D eigenvalue weighted by Crippen LogP contribution is 2.68. The Kier molecular flexibility index (Phi) is 5.37. The molecule has 0 saturated carbocycles. The molecule has 4 aliphatic heterocycles. The summed E-state index contributed by atoms with van der Waals surface area (Å²) in [6.07, 6.45) is 1.45. The third-order valence-electron chi connectivity index (χ3n) is 9.32. The number of rotatable bonds is 4. The van der Waals surface area contributed by atoms with Gasteiger partial charge < -0.3 is 20.1 Å². The average Bonchev–Trinajstić information content (AvgIpc) is 3.67. The number of para-hydroxylation sites is 1. The number of fused-ring (bicyclic) bond motifs is 7. The van der Waals surface area contributed by atoms with Crippen LogP contribution in [0.3, 0.4) is 0 Å². The standard InChI is InChI=1S/C31H28ClN3O5/c1-16-13-17(32)14-21-26(16)34-29(38)31(21)30(20-7-4-5-8-22(20)33-28(30)37)25(23-9-6-12-35(23)31)27(36)19-11-10-18(39-2)15-24(19)40-3/h4-5,7-8,10-11,13-15,23,25H,6,9,12H2,1-3H3,(H,33,37)(H,34,38)/t23-,25+,30-,31+/m1/s1. The molecular formula is C31H28ClN3O5. The lowest BCUT2D eigenvalue weighted by molar-refractivity contribution is -0.137. The number of nitrogens with one attached hydrogen (secondary N) is 2. The SMILES string of the molecule is COc1ccc(C(=O)[C@@H]2[C@H]3CCCN3[C@@]3(C(=O)Nc4c(C)cc(Cl)cc43)[C@@]23C(=O)Nc2ccccc23)c(OC)c1. The molecular weight excluding hydrogens is 530 g/mol. The fraction of sp³-hybridized carbons (Fsp3) is 0.323. The predicted molar refractivity (Wildman–Crippen MR) is 150 cm³/mol. The van der Waals surface area contributed by atoms with Crippen molar-refractivity contribution in [1.82, 2.24) is 4.90 Å². The lowest BCUT2D eigenvalue weighted by Crippen LogP contribution is -2.62. The van der Waals surface area contributed by atoms with Crippen LogP contribution in [0.4, 0.5) is 11.4 Å². The molecule has 0 unspecified atom stereocenters. The molecule has 0 radical (unpaired) electrons. The van der Waals surface area contributed by atoms with Crippen molar-refractivity contribution in [2.24, 2.45) is 5.92 Å². The van der Waals surface area contributed by atoms with Gasteiger partial charge in [0, 0.05) is 34.1 Å². The second-order valence-electron chi connectivity index (χ2n) is 10.9. The van der Waals surface area contributed by atoms with E-state index in [1.165, 1.54) is 7.11 Å². The maximum atomic E-state index is 14.9. The highest BCUT2D eigenvalue weighted by molar-refractivity contribution is 6.31. The van der Waals surface area contributed by atoms with Gasteiger partial charge in [0.2, 0.25) is 5.91 Å². The Balaban J connectivity index is 1.58. The van der Waals surface area contributed by atoms with Crippen molar-refractivity contribution >= 4 is 40.6 Å². The Hall–Kier alpha value is -3.88. The van der Waals surface area contributed by atoms with Gasteiger partial charge in [-0.15, -0.1) is 0 Å². The number of hydrogen-bond acceptors (Lipinski definition) is 6. The first-order valence-electron chi connectivity index (χ1n) is 13.4. The van der Waals surface area contributed by atoms with Crippen molar-refractivity contribution in [3.63, 3.8) is 0 Å². The summed E-state index contributed by atoms with van der Waals surface area (Å²) in [6, 6.07) is 15.7. The quantitative estimate of drug-likeness (QED) is 0.452. The molecule has 0 bridgehead atoms.